The van der Waals surface area contributed by atoms with Crippen LogP contribution in [0, 0.1) is 0 Å². The Labute approximate surface area is 206 Å². The molecule has 0 unspecified atom stereocenters. The summed E-state index contributed by atoms with van der Waals surface area (Å²) >= 11 is 14.4. The molecule has 0 amide bonds. The highest BCUT2D eigenvalue weighted by Gasteiger charge is 2.33. The van der Waals surface area contributed by atoms with Crippen molar-refractivity contribution in [1.82, 2.24) is 0 Å². The van der Waals surface area contributed by atoms with Crippen LogP contribution < -0.4 is 0 Å². The van der Waals surface area contributed by atoms with Crippen molar-refractivity contribution < 1.29 is 0 Å². The van der Waals surface area contributed by atoms with Gasteiger partial charge in [0, 0.05) is 37.5 Å². The first-order valence-electron chi connectivity index (χ1n) is 8.86. The Morgan fingerprint density at radius 1 is 0.310 bits per heavy atom. The van der Waals surface area contributed by atoms with Crippen LogP contribution in [0.25, 0.3) is 0 Å². The van der Waals surface area contributed by atoms with E-state index in [0.29, 0.717) is 0 Å². The van der Waals surface area contributed by atoms with Crippen LogP contribution in [-0.4, -0.2) is 0 Å². The van der Waals surface area contributed by atoms with Crippen molar-refractivity contribution in [3.63, 3.8) is 0 Å². The zero-order valence-electron chi connectivity index (χ0n) is 15.2. The number of hydrogen-bond donors (Lipinski definition) is 0. The molecule has 0 aliphatic carbocycles. The largest absolute Gasteiger partial charge is 0.133 e. The van der Waals surface area contributed by atoms with E-state index in [-0.39, 0.29) is 0 Å². The van der Waals surface area contributed by atoms with Crippen LogP contribution in [0.2, 0.25) is 0 Å². The molecular weight excluding hydrogens is 640 g/mol. The number of rotatable bonds is 4. The molecule has 146 valence electrons. The predicted molar refractivity (Wildman–Crippen MR) is 137 cm³/mol. The molecule has 0 aromatic heterocycles. The zero-order chi connectivity index (χ0) is 20.4. The van der Waals surface area contributed by atoms with E-state index in [1.807, 2.05) is 0 Å². The predicted octanol–water partition coefficient (Wildman–Crippen LogP) is 10.1. The minimum absolute atomic E-state index is 1.08. The molecule has 4 rings (SSSR count). The summed E-state index contributed by atoms with van der Waals surface area (Å²) in [6.07, 6.45) is 0. The van der Waals surface area contributed by atoms with E-state index in [9.17, 15) is 0 Å². The first-order chi connectivity index (χ1) is 14.0. The van der Waals surface area contributed by atoms with Gasteiger partial charge in [0.2, 0.25) is 0 Å². The molecular formula is C24H16Br4S. The summed E-state index contributed by atoms with van der Waals surface area (Å²) in [5, 5.41) is 0. The lowest BCUT2D eigenvalue weighted by molar-refractivity contribution is 1.23. The summed E-state index contributed by atoms with van der Waals surface area (Å²) in [5.41, 5.74) is 0. The van der Waals surface area contributed by atoms with E-state index in [2.05, 4.69) is 161 Å². The molecule has 0 saturated carbocycles. The first-order valence-corrected chi connectivity index (χ1v) is 13.7. The second-order valence-corrected chi connectivity index (χ2v) is 13.2. The smallest absolute Gasteiger partial charge is 0.0176 e. The molecule has 0 radical (unpaired) electrons. The van der Waals surface area contributed by atoms with Crippen LogP contribution in [0.1, 0.15) is 0 Å². The van der Waals surface area contributed by atoms with Gasteiger partial charge in [-0.2, -0.15) is 0 Å². The molecule has 0 aliphatic rings. The first kappa shape index (κ1) is 21.4. The molecule has 0 fully saturated rings. The molecule has 5 heteroatoms. The highest BCUT2D eigenvalue weighted by Crippen LogP contribution is 2.73. The number of hydrogen-bond acceptors (Lipinski definition) is 0. The highest BCUT2D eigenvalue weighted by molar-refractivity contribution is 9.11. The van der Waals surface area contributed by atoms with Gasteiger partial charge in [0.1, 0.15) is 0 Å². The maximum absolute atomic E-state index is 3.60. The standard InChI is InChI=1S/C24H16Br4S/c25-17-1-9-21(10-2-17)29(22-11-3-18(26)4-12-22,23-13-5-19(27)6-14-23)24-15-7-20(28)8-16-24/h1-16H. The second kappa shape index (κ2) is 9.11. The summed E-state index contributed by atoms with van der Waals surface area (Å²) in [7, 11) is -1.66. The molecule has 0 atom stereocenters. The van der Waals surface area contributed by atoms with Crippen LogP contribution in [0.3, 0.4) is 0 Å². The minimum atomic E-state index is -1.66. The SMILES string of the molecule is Brc1ccc(S(c2ccc(Br)cc2)(c2ccc(Br)cc2)c2ccc(Br)cc2)cc1. The lowest BCUT2D eigenvalue weighted by Gasteiger charge is -2.42. The van der Waals surface area contributed by atoms with Gasteiger partial charge in [-0.25, -0.2) is 0 Å². The van der Waals surface area contributed by atoms with E-state index >= 15 is 0 Å². The monoisotopic (exact) mass is 652 g/mol. The molecule has 0 bridgehead atoms. The highest BCUT2D eigenvalue weighted by atomic mass is 79.9. The van der Waals surface area contributed by atoms with Crippen molar-refractivity contribution in [2.45, 2.75) is 19.6 Å². The fourth-order valence-corrected chi connectivity index (χ4v) is 8.24. The van der Waals surface area contributed by atoms with Crippen LogP contribution >= 0.6 is 73.7 Å². The van der Waals surface area contributed by atoms with Crippen molar-refractivity contribution in [2.75, 3.05) is 0 Å². The fraction of sp³-hybridized carbons (Fsp3) is 0. The summed E-state index contributed by atoms with van der Waals surface area (Å²) < 4.78 is 4.32. The van der Waals surface area contributed by atoms with Crippen LogP contribution in [0.4, 0.5) is 0 Å². The molecule has 0 aliphatic heterocycles. The van der Waals surface area contributed by atoms with Gasteiger partial charge in [-0.1, -0.05) is 63.7 Å². The van der Waals surface area contributed by atoms with E-state index in [0.717, 1.165) is 17.9 Å². The third-order valence-electron chi connectivity index (χ3n) is 4.67. The minimum Gasteiger partial charge on any atom is -0.133 e. The van der Waals surface area contributed by atoms with E-state index < -0.39 is 10.0 Å². The van der Waals surface area contributed by atoms with Gasteiger partial charge < -0.3 is 0 Å². The Morgan fingerprint density at radius 3 is 0.655 bits per heavy atom. The Bertz CT molecular complexity index is 916. The third kappa shape index (κ3) is 4.31. The van der Waals surface area contributed by atoms with E-state index in [1.165, 1.54) is 19.6 Å². The van der Waals surface area contributed by atoms with E-state index in [4.69, 9.17) is 0 Å². The lowest BCUT2D eigenvalue weighted by Crippen LogP contribution is -2.05. The van der Waals surface area contributed by atoms with Gasteiger partial charge in [-0.15, -0.1) is 10.0 Å². The average Bonchev–Trinajstić information content (AvgIpc) is 2.73. The van der Waals surface area contributed by atoms with Gasteiger partial charge in [0.15, 0.2) is 0 Å². The Balaban J connectivity index is 2.11. The van der Waals surface area contributed by atoms with Crippen molar-refractivity contribution >= 4 is 73.7 Å². The van der Waals surface area contributed by atoms with Gasteiger partial charge in [-0.3, -0.25) is 0 Å². The molecule has 0 N–H and O–H groups in total. The average molecular weight is 656 g/mol. The van der Waals surface area contributed by atoms with Gasteiger partial charge in [-0.05, 0) is 97.1 Å². The Kier molecular flexibility index (Phi) is 6.72. The molecule has 0 nitrogen and oxygen atoms in total. The molecule has 0 spiro atoms. The quantitative estimate of drug-likeness (QED) is 0.205. The zero-order valence-corrected chi connectivity index (χ0v) is 22.3. The molecule has 0 saturated heterocycles. The summed E-state index contributed by atoms with van der Waals surface area (Å²) in [4.78, 5) is 5.20. The molecule has 4 aromatic carbocycles. The lowest BCUT2D eigenvalue weighted by atomic mass is 10.3. The second-order valence-electron chi connectivity index (χ2n) is 6.43. The molecule has 0 heterocycles. The van der Waals surface area contributed by atoms with Crippen LogP contribution in [0.15, 0.2) is 135 Å². The van der Waals surface area contributed by atoms with Crippen molar-refractivity contribution in [3.05, 3.63) is 115 Å². The van der Waals surface area contributed by atoms with E-state index in [1.54, 1.807) is 0 Å². The van der Waals surface area contributed by atoms with Gasteiger partial charge >= 0.3 is 0 Å². The normalized spacial score (nSPS) is 12.0. The van der Waals surface area contributed by atoms with Crippen molar-refractivity contribution in [3.8, 4) is 0 Å². The van der Waals surface area contributed by atoms with Crippen LogP contribution in [-0.2, 0) is 0 Å². The topological polar surface area (TPSA) is 0 Å². The summed E-state index contributed by atoms with van der Waals surface area (Å²) in [5.74, 6) is 0. The Hall–Kier alpha value is -0.850. The Morgan fingerprint density at radius 2 is 0.483 bits per heavy atom. The number of halogens is 4. The maximum Gasteiger partial charge on any atom is 0.0176 e. The molecule has 4 aromatic rings. The summed E-state index contributed by atoms with van der Waals surface area (Å²) in [6, 6.07) is 35.0. The third-order valence-corrected chi connectivity index (χ3v) is 10.7. The van der Waals surface area contributed by atoms with Gasteiger partial charge in [0.25, 0.3) is 0 Å². The van der Waals surface area contributed by atoms with Gasteiger partial charge in [0.05, 0.1) is 0 Å². The number of benzene rings is 4. The van der Waals surface area contributed by atoms with Crippen LogP contribution in [0.5, 0.6) is 0 Å². The molecule has 29 heavy (non-hydrogen) atoms. The summed E-state index contributed by atoms with van der Waals surface area (Å²) in [6.45, 7) is 0. The fourth-order valence-electron chi connectivity index (χ4n) is 3.37. The van der Waals surface area contributed by atoms with Crippen molar-refractivity contribution in [2.24, 2.45) is 0 Å². The van der Waals surface area contributed by atoms with Crippen molar-refractivity contribution in [1.29, 1.82) is 0 Å². The maximum atomic E-state index is 3.60.